The summed E-state index contributed by atoms with van der Waals surface area (Å²) in [6.07, 6.45) is 12.4. The number of carbonyl (C=O) groups excluding carboxylic acids is 1. The number of aromatic nitrogens is 1. The Morgan fingerprint density at radius 1 is 1.09 bits per heavy atom. The van der Waals surface area contributed by atoms with Crippen LogP contribution in [0.3, 0.4) is 0 Å². The Labute approximate surface area is 208 Å². The predicted molar refractivity (Wildman–Crippen MR) is 143 cm³/mol. The van der Waals surface area contributed by atoms with Gasteiger partial charge >= 0.3 is 0 Å². The summed E-state index contributed by atoms with van der Waals surface area (Å²) in [5.74, 6) is 0.110. The minimum Gasteiger partial charge on any atom is -0.353 e. The first-order valence-electron chi connectivity index (χ1n) is 12.8. The number of thiazole rings is 1. The van der Waals surface area contributed by atoms with E-state index in [0.717, 1.165) is 36.3 Å². The van der Waals surface area contributed by atoms with Gasteiger partial charge in [-0.05, 0) is 68.5 Å². The van der Waals surface area contributed by atoms with Crippen LogP contribution in [0.15, 0.2) is 60.7 Å². The van der Waals surface area contributed by atoms with Gasteiger partial charge in [0.2, 0.25) is 5.91 Å². The van der Waals surface area contributed by atoms with Crippen LogP contribution in [0.2, 0.25) is 0 Å². The predicted octanol–water partition coefficient (Wildman–Crippen LogP) is 5.95. The van der Waals surface area contributed by atoms with Gasteiger partial charge in [-0.2, -0.15) is 0 Å². The third kappa shape index (κ3) is 7.51. The van der Waals surface area contributed by atoms with Gasteiger partial charge in [-0.25, -0.2) is 4.98 Å². The summed E-state index contributed by atoms with van der Waals surface area (Å²) in [4.78, 5) is 20.1. The minimum atomic E-state index is 0.106. The third-order valence-corrected chi connectivity index (χ3v) is 7.64. The number of nitrogens with one attached hydrogen (secondary N) is 1. The highest BCUT2D eigenvalue weighted by Crippen LogP contribution is 2.24. The molecule has 1 aromatic heterocycles. The first-order chi connectivity index (χ1) is 16.7. The standard InChI is InChI=1S/C29H37N3OS/c1-2-23-14-15-26-27(22-23)34-29(31-26)17-16-28(33)30-25(21-24-11-5-3-6-12-24)13-7-10-20-32-18-8-4-9-19-32/h3,5-7,10-12,14-15,22,25H,2,4,8-9,13,16-21H2,1H3,(H,30,33)/b10-7+. The number of nitrogens with zero attached hydrogens (tertiary/aromatic N) is 2. The van der Waals surface area contributed by atoms with Crippen molar-refractivity contribution >= 4 is 27.5 Å². The van der Waals surface area contributed by atoms with Gasteiger partial charge in [0.25, 0.3) is 0 Å². The smallest absolute Gasteiger partial charge is 0.220 e. The maximum atomic E-state index is 12.8. The maximum absolute atomic E-state index is 12.8. The zero-order valence-electron chi connectivity index (χ0n) is 20.3. The molecule has 0 spiro atoms. The van der Waals surface area contributed by atoms with Crippen LogP contribution in [0.5, 0.6) is 0 Å². The van der Waals surface area contributed by atoms with Crippen LogP contribution in [0.25, 0.3) is 10.2 Å². The first kappa shape index (κ1) is 24.6. The Kier molecular flexibility index (Phi) is 9.28. The lowest BCUT2D eigenvalue weighted by Gasteiger charge is -2.25. The Bertz CT molecular complexity index is 1070. The van der Waals surface area contributed by atoms with E-state index in [1.165, 1.54) is 48.2 Å². The van der Waals surface area contributed by atoms with Crippen molar-refractivity contribution < 1.29 is 4.79 Å². The molecule has 1 unspecified atom stereocenters. The molecule has 2 heterocycles. The molecular weight excluding hydrogens is 438 g/mol. The van der Waals surface area contributed by atoms with Crippen LogP contribution in [0, 0.1) is 0 Å². The number of aryl methyl sites for hydroxylation is 2. The molecule has 1 fully saturated rings. The van der Waals surface area contributed by atoms with E-state index in [1.807, 2.05) is 6.07 Å². The van der Waals surface area contributed by atoms with Crippen LogP contribution in [-0.2, 0) is 24.1 Å². The Morgan fingerprint density at radius 3 is 2.71 bits per heavy atom. The van der Waals surface area contributed by atoms with Crippen molar-refractivity contribution in [2.24, 2.45) is 0 Å². The highest BCUT2D eigenvalue weighted by Gasteiger charge is 2.14. The van der Waals surface area contributed by atoms with Crippen molar-refractivity contribution in [2.45, 2.75) is 64.3 Å². The van der Waals surface area contributed by atoms with Gasteiger partial charge in [0.15, 0.2) is 0 Å². The van der Waals surface area contributed by atoms with Gasteiger partial charge in [0, 0.05) is 25.4 Å². The Morgan fingerprint density at radius 2 is 1.91 bits per heavy atom. The van der Waals surface area contributed by atoms with E-state index in [2.05, 4.69) is 71.8 Å². The van der Waals surface area contributed by atoms with Crippen molar-refractivity contribution in [3.8, 4) is 0 Å². The van der Waals surface area contributed by atoms with Gasteiger partial charge in [0.05, 0.1) is 15.2 Å². The van der Waals surface area contributed by atoms with Crippen LogP contribution in [0.1, 0.15) is 55.2 Å². The first-order valence-corrected chi connectivity index (χ1v) is 13.6. The average Bonchev–Trinajstić information content (AvgIpc) is 3.29. The number of carbonyl (C=O) groups is 1. The Balaban J connectivity index is 1.31. The monoisotopic (exact) mass is 475 g/mol. The second kappa shape index (κ2) is 12.8. The number of hydrogen-bond acceptors (Lipinski definition) is 4. The fourth-order valence-corrected chi connectivity index (χ4v) is 5.61. The van der Waals surface area contributed by atoms with Crippen LogP contribution >= 0.6 is 11.3 Å². The summed E-state index contributed by atoms with van der Waals surface area (Å²) in [7, 11) is 0. The molecule has 4 nitrogen and oxygen atoms in total. The molecule has 1 atom stereocenters. The third-order valence-electron chi connectivity index (χ3n) is 6.56. The molecule has 0 aliphatic carbocycles. The van der Waals surface area contributed by atoms with Crippen molar-refractivity contribution in [1.29, 1.82) is 0 Å². The summed E-state index contributed by atoms with van der Waals surface area (Å²) in [6.45, 7) is 5.60. The molecule has 1 aliphatic rings. The summed E-state index contributed by atoms with van der Waals surface area (Å²) >= 11 is 1.71. The second-order valence-electron chi connectivity index (χ2n) is 9.29. The van der Waals surface area contributed by atoms with Gasteiger partial charge in [-0.1, -0.05) is 61.9 Å². The highest BCUT2D eigenvalue weighted by atomic mass is 32.1. The van der Waals surface area contributed by atoms with E-state index >= 15 is 0 Å². The lowest BCUT2D eigenvalue weighted by Crippen LogP contribution is -2.36. The summed E-state index contributed by atoms with van der Waals surface area (Å²) in [5.41, 5.74) is 3.63. The zero-order chi connectivity index (χ0) is 23.6. The maximum Gasteiger partial charge on any atom is 0.220 e. The van der Waals surface area contributed by atoms with Gasteiger partial charge in [-0.3, -0.25) is 9.69 Å². The second-order valence-corrected chi connectivity index (χ2v) is 10.4. The molecule has 1 saturated heterocycles. The molecule has 1 N–H and O–H groups in total. The zero-order valence-corrected chi connectivity index (χ0v) is 21.2. The van der Waals surface area contributed by atoms with Crippen molar-refractivity contribution in [3.63, 3.8) is 0 Å². The van der Waals surface area contributed by atoms with Crippen LogP contribution < -0.4 is 5.32 Å². The van der Waals surface area contributed by atoms with Gasteiger partial charge < -0.3 is 5.32 Å². The SMILES string of the molecule is CCc1ccc2nc(CCC(=O)NC(C/C=C/CN3CCCCC3)Cc3ccccc3)sc2c1. The summed E-state index contributed by atoms with van der Waals surface area (Å²) < 4.78 is 1.22. The normalized spacial score (nSPS) is 15.7. The summed E-state index contributed by atoms with van der Waals surface area (Å²) in [6, 6.07) is 17.0. The number of likely N-dealkylation sites (tertiary alicyclic amines) is 1. The van der Waals surface area contributed by atoms with E-state index in [1.54, 1.807) is 11.3 Å². The van der Waals surface area contributed by atoms with E-state index in [0.29, 0.717) is 12.8 Å². The van der Waals surface area contributed by atoms with Gasteiger partial charge in [0.1, 0.15) is 0 Å². The number of amides is 1. The van der Waals surface area contributed by atoms with Gasteiger partial charge in [-0.15, -0.1) is 11.3 Å². The van der Waals surface area contributed by atoms with E-state index in [4.69, 9.17) is 4.98 Å². The fourth-order valence-electron chi connectivity index (χ4n) is 4.58. The molecule has 3 aromatic rings. The molecule has 0 saturated carbocycles. The Hall–Kier alpha value is -2.50. The minimum absolute atomic E-state index is 0.106. The highest BCUT2D eigenvalue weighted by molar-refractivity contribution is 7.18. The van der Waals surface area contributed by atoms with Crippen molar-refractivity contribution in [2.75, 3.05) is 19.6 Å². The topological polar surface area (TPSA) is 45.2 Å². The average molecular weight is 476 g/mol. The molecule has 2 aromatic carbocycles. The number of rotatable bonds is 11. The molecule has 4 rings (SSSR count). The van der Waals surface area contributed by atoms with E-state index < -0.39 is 0 Å². The lowest BCUT2D eigenvalue weighted by atomic mass is 10.0. The number of benzene rings is 2. The molecule has 0 bridgehead atoms. The fraction of sp³-hybridized carbons (Fsp3) is 0.448. The molecular formula is C29H37N3OS. The quantitative estimate of drug-likeness (QED) is 0.349. The largest absolute Gasteiger partial charge is 0.353 e. The van der Waals surface area contributed by atoms with Crippen LogP contribution in [0.4, 0.5) is 0 Å². The van der Waals surface area contributed by atoms with E-state index in [-0.39, 0.29) is 11.9 Å². The number of fused-ring (bicyclic) bond motifs is 1. The molecule has 5 heteroatoms. The lowest BCUT2D eigenvalue weighted by molar-refractivity contribution is -0.121. The molecule has 180 valence electrons. The summed E-state index contributed by atoms with van der Waals surface area (Å²) in [5, 5.41) is 4.34. The van der Waals surface area contributed by atoms with E-state index in [9.17, 15) is 4.79 Å². The number of hydrogen-bond donors (Lipinski definition) is 1. The van der Waals surface area contributed by atoms with Crippen molar-refractivity contribution in [1.82, 2.24) is 15.2 Å². The van der Waals surface area contributed by atoms with Crippen molar-refractivity contribution in [3.05, 3.63) is 76.8 Å². The molecule has 34 heavy (non-hydrogen) atoms. The molecule has 1 amide bonds. The molecule has 0 radical (unpaired) electrons. The van der Waals surface area contributed by atoms with Crippen LogP contribution in [-0.4, -0.2) is 41.5 Å². The number of piperidine rings is 1. The molecule has 1 aliphatic heterocycles.